The van der Waals surface area contributed by atoms with Crippen LogP contribution in [0, 0.1) is 10.8 Å². The van der Waals surface area contributed by atoms with E-state index in [0.29, 0.717) is 23.0 Å². The van der Waals surface area contributed by atoms with E-state index in [-0.39, 0.29) is 0 Å². The maximum absolute atomic E-state index is 5.54. The lowest BCUT2D eigenvalue weighted by atomic mass is 9.82. The van der Waals surface area contributed by atoms with Crippen LogP contribution in [0.2, 0.25) is 0 Å². The third-order valence-electron chi connectivity index (χ3n) is 4.28. The molecule has 0 N–H and O–H groups in total. The summed E-state index contributed by atoms with van der Waals surface area (Å²) in [6.45, 7) is 4.79. The molecule has 1 nitrogen and oxygen atoms in total. The van der Waals surface area contributed by atoms with Crippen molar-refractivity contribution >= 4 is 15.9 Å². The summed E-state index contributed by atoms with van der Waals surface area (Å²) in [4.78, 5) is 0.749. The second kappa shape index (κ2) is 1.56. The average Bonchev–Trinajstić information content (AvgIpc) is 2.73. The van der Waals surface area contributed by atoms with E-state index in [2.05, 4.69) is 29.8 Å². The topological polar surface area (TPSA) is 12.5 Å². The van der Waals surface area contributed by atoms with E-state index in [1.807, 2.05) is 0 Å². The highest BCUT2D eigenvalue weighted by Gasteiger charge is 2.75. The Morgan fingerprint density at radius 3 is 2.09 bits per heavy atom. The van der Waals surface area contributed by atoms with Crippen molar-refractivity contribution < 1.29 is 4.74 Å². The molecule has 0 aromatic carbocycles. The van der Waals surface area contributed by atoms with Crippen LogP contribution in [0.1, 0.15) is 26.7 Å². The predicted molar refractivity (Wildman–Crippen MR) is 46.8 cm³/mol. The normalized spacial score (nSPS) is 71.7. The van der Waals surface area contributed by atoms with Gasteiger partial charge >= 0.3 is 0 Å². The summed E-state index contributed by atoms with van der Waals surface area (Å²) >= 11 is 3.78. The lowest BCUT2D eigenvalue weighted by Gasteiger charge is -2.19. The first-order valence-electron chi connectivity index (χ1n) is 4.37. The highest BCUT2D eigenvalue weighted by molar-refractivity contribution is 9.09. The molecule has 0 amide bonds. The molecule has 5 atom stereocenters. The molecule has 0 spiro atoms. The summed E-state index contributed by atoms with van der Waals surface area (Å²) in [7, 11) is 0. The van der Waals surface area contributed by atoms with Gasteiger partial charge in [-0.2, -0.15) is 0 Å². The first kappa shape index (κ1) is 6.90. The molecule has 0 aromatic heterocycles. The lowest BCUT2D eigenvalue weighted by molar-refractivity contribution is 0.309. The third-order valence-corrected chi connectivity index (χ3v) is 6.30. The Balaban J connectivity index is 1.94. The van der Waals surface area contributed by atoms with Gasteiger partial charge < -0.3 is 4.74 Å². The van der Waals surface area contributed by atoms with Gasteiger partial charge in [0.25, 0.3) is 0 Å². The first-order chi connectivity index (χ1) is 5.08. The van der Waals surface area contributed by atoms with Gasteiger partial charge in [-0.25, -0.2) is 0 Å². The van der Waals surface area contributed by atoms with Crippen LogP contribution < -0.4 is 0 Å². The molecule has 3 aliphatic rings. The van der Waals surface area contributed by atoms with Crippen molar-refractivity contribution in [2.24, 2.45) is 10.8 Å². The molecule has 2 saturated carbocycles. The van der Waals surface area contributed by atoms with Crippen molar-refractivity contribution in [1.82, 2.24) is 0 Å². The number of fused-ring (bicyclic) bond motifs is 2. The van der Waals surface area contributed by atoms with E-state index >= 15 is 0 Å². The van der Waals surface area contributed by atoms with Crippen molar-refractivity contribution in [2.45, 2.75) is 43.7 Å². The maximum atomic E-state index is 5.54. The molecule has 3 rings (SSSR count). The number of hydrogen-bond acceptors (Lipinski definition) is 1. The van der Waals surface area contributed by atoms with Gasteiger partial charge in [0.1, 0.15) is 0 Å². The van der Waals surface area contributed by atoms with Crippen LogP contribution in [0.4, 0.5) is 0 Å². The van der Waals surface area contributed by atoms with E-state index in [1.165, 1.54) is 12.8 Å². The molecule has 11 heavy (non-hydrogen) atoms. The highest BCUT2D eigenvalue weighted by atomic mass is 79.9. The number of halogens is 1. The quantitative estimate of drug-likeness (QED) is 0.448. The van der Waals surface area contributed by atoms with Crippen molar-refractivity contribution in [3.05, 3.63) is 0 Å². The SMILES string of the molecule is C[C@@]12C[C@H]3O[C@H]3C[C@]1(C)C2Br. The molecule has 2 heteroatoms. The molecule has 0 radical (unpaired) electrons. The molecule has 0 aromatic rings. The summed E-state index contributed by atoms with van der Waals surface area (Å²) < 4.78 is 5.54. The van der Waals surface area contributed by atoms with E-state index in [4.69, 9.17) is 4.74 Å². The van der Waals surface area contributed by atoms with Crippen molar-refractivity contribution in [1.29, 1.82) is 0 Å². The van der Waals surface area contributed by atoms with Crippen molar-refractivity contribution in [3.63, 3.8) is 0 Å². The van der Waals surface area contributed by atoms with Crippen LogP contribution in [0.5, 0.6) is 0 Å². The summed E-state index contributed by atoms with van der Waals surface area (Å²) in [5.41, 5.74) is 1.09. The molecule has 0 bridgehead atoms. The Bertz CT molecular complexity index is 208. The number of rotatable bonds is 0. The van der Waals surface area contributed by atoms with Gasteiger partial charge in [-0.05, 0) is 23.7 Å². The highest BCUT2D eigenvalue weighted by Crippen LogP contribution is 2.76. The fourth-order valence-electron chi connectivity index (χ4n) is 2.93. The first-order valence-corrected chi connectivity index (χ1v) is 5.29. The molecular formula is C9H13BrO. The summed E-state index contributed by atoms with van der Waals surface area (Å²) in [5, 5.41) is 0. The molecule has 2 aliphatic carbocycles. The fraction of sp³-hybridized carbons (Fsp3) is 1.00. The Morgan fingerprint density at radius 2 is 1.64 bits per heavy atom. The van der Waals surface area contributed by atoms with Crippen molar-refractivity contribution in [3.8, 4) is 0 Å². The van der Waals surface area contributed by atoms with Gasteiger partial charge in [-0.3, -0.25) is 0 Å². The van der Waals surface area contributed by atoms with Gasteiger partial charge in [-0.15, -0.1) is 0 Å². The fourth-order valence-corrected chi connectivity index (χ4v) is 4.22. The zero-order valence-electron chi connectivity index (χ0n) is 6.93. The Hall–Kier alpha value is 0.440. The number of hydrogen-bond donors (Lipinski definition) is 0. The number of epoxide rings is 1. The summed E-state index contributed by atoms with van der Waals surface area (Å²) in [6.07, 6.45) is 3.81. The standard InChI is InChI=1S/C9H13BrO/c1-8-3-5-6(11-5)4-9(8,2)7(8)10/h5-7H,3-4H2,1-2H3/t5-,6+,7?,8+,9-. The number of alkyl halides is 1. The average molecular weight is 217 g/mol. The second-order valence-electron chi connectivity index (χ2n) is 4.82. The molecule has 1 saturated heterocycles. The van der Waals surface area contributed by atoms with Crippen LogP contribution in [0.15, 0.2) is 0 Å². The third kappa shape index (κ3) is 0.592. The zero-order chi connectivity index (χ0) is 7.85. The minimum absolute atomic E-state index is 0.546. The van der Waals surface area contributed by atoms with E-state index < -0.39 is 0 Å². The Labute approximate surface area is 75.6 Å². The minimum Gasteiger partial charge on any atom is -0.370 e. The largest absolute Gasteiger partial charge is 0.370 e. The molecule has 62 valence electrons. The smallest absolute Gasteiger partial charge is 0.0847 e. The lowest BCUT2D eigenvalue weighted by Crippen LogP contribution is -2.19. The van der Waals surface area contributed by atoms with Crippen LogP contribution >= 0.6 is 15.9 Å². The van der Waals surface area contributed by atoms with E-state index in [1.54, 1.807) is 0 Å². The van der Waals surface area contributed by atoms with Crippen LogP contribution in [-0.4, -0.2) is 17.0 Å². The maximum Gasteiger partial charge on any atom is 0.0847 e. The van der Waals surface area contributed by atoms with Gasteiger partial charge in [-0.1, -0.05) is 29.8 Å². The summed E-state index contributed by atoms with van der Waals surface area (Å²) in [5.74, 6) is 0. The Kier molecular flexibility index (Phi) is 0.977. The molecule has 1 aliphatic heterocycles. The zero-order valence-corrected chi connectivity index (χ0v) is 8.52. The molecular weight excluding hydrogens is 204 g/mol. The van der Waals surface area contributed by atoms with Gasteiger partial charge in [0.2, 0.25) is 0 Å². The van der Waals surface area contributed by atoms with Crippen LogP contribution in [0.25, 0.3) is 0 Å². The molecule has 1 unspecified atom stereocenters. The van der Waals surface area contributed by atoms with E-state index in [0.717, 1.165) is 4.83 Å². The van der Waals surface area contributed by atoms with Gasteiger partial charge in [0.05, 0.1) is 12.2 Å². The summed E-state index contributed by atoms with van der Waals surface area (Å²) in [6, 6.07) is 0. The molecule has 1 heterocycles. The van der Waals surface area contributed by atoms with E-state index in [9.17, 15) is 0 Å². The van der Waals surface area contributed by atoms with Crippen LogP contribution in [0.3, 0.4) is 0 Å². The molecule has 3 fully saturated rings. The number of ether oxygens (including phenoxy) is 1. The predicted octanol–water partition coefficient (Wildman–Crippen LogP) is 2.34. The Morgan fingerprint density at radius 1 is 1.18 bits per heavy atom. The van der Waals surface area contributed by atoms with Crippen molar-refractivity contribution in [2.75, 3.05) is 0 Å². The monoisotopic (exact) mass is 216 g/mol. The van der Waals surface area contributed by atoms with Gasteiger partial charge in [0, 0.05) is 4.83 Å². The van der Waals surface area contributed by atoms with Crippen LogP contribution in [-0.2, 0) is 4.74 Å². The second-order valence-corrected chi connectivity index (χ2v) is 5.73. The van der Waals surface area contributed by atoms with Gasteiger partial charge in [0.15, 0.2) is 0 Å². The minimum atomic E-state index is 0.546.